The molecule has 1 heterocycles. The van der Waals surface area contributed by atoms with Crippen LogP contribution in [0, 0.1) is 0 Å². The third-order valence-corrected chi connectivity index (χ3v) is 3.48. The number of urea groups is 1. The van der Waals surface area contributed by atoms with Crippen molar-refractivity contribution >= 4 is 6.03 Å². The van der Waals surface area contributed by atoms with E-state index < -0.39 is 0 Å². The topological polar surface area (TPSA) is 32.3 Å². The molecular formula is C15H22N2O. The molecule has 1 aromatic carbocycles. The van der Waals surface area contributed by atoms with Gasteiger partial charge in [-0.3, -0.25) is 0 Å². The van der Waals surface area contributed by atoms with Crippen molar-refractivity contribution in [1.82, 2.24) is 10.2 Å². The number of carbonyl (C=O) groups excluding carboxylic acids is 1. The van der Waals surface area contributed by atoms with Gasteiger partial charge in [0.2, 0.25) is 0 Å². The van der Waals surface area contributed by atoms with E-state index in [9.17, 15) is 4.79 Å². The second-order valence-corrected chi connectivity index (χ2v) is 5.25. The van der Waals surface area contributed by atoms with E-state index in [0.29, 0.717) is 12.5 Å². The predicted molar refractivity (Wildman–Crippen MR) is 73.6 cm³/mol. The fourth-order valence-corrected chi connectivity index (χ4v) is 2.23. The van der Waals surface area contributed by atoms with Crippen molar-refractivity contribution in [3.05, 3.63) is 35.4 Å². The number of likely N-dealkylation sites (tertiary alicyclic amines) is 1. The number of nitrogens with one attached hydrogen (secondary N) is 1. The molecule has 0 saturated carbocycles. The zero-order valence-electron chi connectivity index (χ0n) is 11.3. The molecule has 0 spiro atoms. The summed E-state index contributed by atoms with van der Waals surface area (Å²) in [5, 5.41) is 2.98. The summed E-state index contributed by atoms with van der Waals surface area (Å²) in [6, 6.07) is 8.55. The number of rotatable bonds is 3. The van der Waals surface area contributed by atoms with Crippen LogP contribution in [0.3, 0.4) is 0 Å². The van der Waals surface area contributed by atoms with Crippen molar-refractivity contribution in [1.29, 1.82) is 0 Å². The molecule has 0 atom stereocenters. The lowest BCUT2D eigenvalue weighted by Gasteiger charge is -2.16. The van der Waals surface area contributed by atoms with Crippen LogP contribution in [0.4, 0.5) is 4.79 Å². The highest BCUT2D eigenvalue weighted by atomic mass is 16.2. The van der Waals surface area contributed by atoms with Crippen LogP contribution in [0.5, 0.6) is 0 Å². The average Bonchev–Trinajstić information content (AvgIpc) is 2.90. The highest BCUT2D eigenvalue weighted by molar-refractivity contribution is 5.74. The third-order valence-electron chi connectivity index (χ3n) is 3.48. The first-order chi connectivity index (χ1) is 8.66. The van der Waals surface area contributed by atoms with E-state index in [4.69, 9.17) is 0 Å². The van der Waals surface area contributed by atoms with Gasteiger partial charge in [0.1, 0.15) is 0 Å². The molecule has 1 aliphatic rings. The zero-order valence-corrected chi connectivity index (χ0v) is 11.3. The Bertz CT molecular complexity index is 391. The van der Waals surface area contributed by atoms with Crippen LogP contribution in [-0.4, -0.2) is 24.0 Å². The summed E-state index contributed by atoms with van der Waals surface area (Å²) in [5.74, 6) is 0.554. The normalized spacial score (nSPS) is 15.2. The fraction of sp³-hybridized carbons (Fsp3) is 0.533. The molecule has 0 radical (unpaired) electrons. The van der Waals surface area contributed by atoms with E-state index in [0.717, 1.165) is 31.5 Å². The maximum absolute atomic E-state index is 11.8. The Morgan fingerprint density at radius 1 is 1.22 bits per heavy atom. The highest BCUT2D eigenvalue weighted by Crippen LogP contribution is 2.14. The van der Waals surface area contributed by atoms with Gasteiger partial charge in [-0.05, 0) is 29.9 Å². The van der Waals surface area contributed by atoms with Gasteiger partial charge >= 0.3 is 6.03 Å². The molecule has 3 heteroatoms. The van der Waals surface area contributed by atoms with Gasteiger partial charge in [0.15, 0.2) is 0 Å². The molecule has 0 aromatic heterocycles. The molecular weight excluding hydrogens is 224 g/mol. The molecule has 2 rings (SSSR count). The van der Waals surface area contributed by atoms with Crippen molar-refractivity contribution in [3.8, 4) is 0 Å². The van der Waals surface area contributed by atoms with Crippen molar-refractivity contribution in [2.45, 2.75) is 39.2 Å². The Balaban J connectivity index is 1.84. The molecule has 0 unspecified atom stereocenters. The van der Waals surface area contributed by atoms with E-state index in [2.05, 4.69) is 43.4 Å². The summed E-state index contributed by atoms with van der Waals surface area (Å²) in [5.41, 5.74) is 2.50. The molecule has 1 aromatic rings. The Labute approximate surface area is 109 Å². The fourth-order valence-electron chi connectivity index (χ4n) is 2.23. The Morgan fingerprint density at radius 2 is 1.83 bits per heavy atom. The second-order valence-electron chi connectivity index (χ2n) is 5.25. The minimum atomic E-state index is 0.0698. The Hall–Kier alpha value is -1.51. The number of nitrogens with zero attached hydrogens (tertiary/aromatic N) is 1. The molecule has 0 aliphatic carbocycles. The summed E-state index contributed by atoms with van der Waals surface area (Å²) in [6.45, 7) is 6.79. The van der Waals surface area contributed by atoms with Gasteiger partial charge in [0.25, 0.3) is 0 Å². The zero-order chi connectivity index (χ0) is 13.0. The van der Waals surface area contributed by atoms with Crippen LogP contribution in [-0.2, 0) is 6.54 Å². The van der Waals surface area contributed by atoms with Crippen LogP contribution >= 0.6 is 0 Å². The van der Waals surface area contributed by atoms with Crippen molar-refractivity contribution in [2.75, 3.05) is 13.1 Å². The first kappa shape index (κ1) is 12.9. The van der Waals surface area contributed by atoms with Gasteiger partial charge in [0.05, 0.1) is 0 Å². The quantitative estimate of drug-likeness (QED) is 0.873. The van der Waals surface area contributed by atoms with Gasteiger partial charge < -0.3 is 10.2 Å². The first-order valence-electron chi connectivity index (χ1n) is 6.78. The lowest BCUT2D eigenvalue weighted by Crippen LogP contribution is -2.37. The summed E-state index contributed by atoms with van der Waals surface area (Å²) in [6.07, 6.45) is 2.27. The van der Waals surface area contributed by atoms with Crippen LogP contribution in [0.15, 0.2) is 24.3 Å². The van der Waals surface area contributed by atoms with Gasteiger partial charge in [-0.25, -0.2) is 4.79 Å². The molecule has 1 aliphatic heterocycles. The molecule has 98 valence electrons. The lowest BCUT2D eigenvalue weighted by molar-refractivity contribution is 0.208. The van der Waals surface area contributed by atoms with Crippen molar-refractivity contribution < 1.29 is 4.79 Å². The van der Waals surface area contributed by atoms with E-state index in [1.54, 1.807) is 0 Å². The van der Waals surface area contributed by atoms with Crippen LogP contribution in [0.2, 0.25) is 0 Å². The van der Waals surface area contributed by atoms with Crippen molar-refractivity contribution in [2.24, 2.45) is 0 Å². The molecule has 18 heavy (non-hydrogen) atoms. The second kappa shape index (κ2) is 5.89. The summed E-state index contributed by atoms with van der Waals surface area (Å²) < 4.78 is 0. The standard InChI is InChI=1S/C15H22N2O/c1-12(2)14-7-5-13(6-8-14)11-16-15(18)17-9-3-4-10-17/h5-8,12H,3-4,9-11H2,1-2H3,(H,16,18). The minimum absolute atomic E-state index is 0.0698. The average molecular weight is 246 g/mol. The van der Waals surface area contributed by atoms with Gasteiger partial charge in [-0.15, -0.1) is 0 Å². The maximum Gasteiger partial charge on any atom is 0.317 e. The lowest BCUT2D eigenvalue weighted by atomic mass is 10.0. The number of benzene rings is 1. The molecule has 0 bridgehead atoms. The first-order valence-corrected chi connectivity index (χ1v) is 6.78. The summed E-state index contributed by atoms with van der Waals surface area (Å²) in [4.78, 5) is 13.7. The number of carbonyl (C=O) groups is 1. The van der Waals surface area contributed by atoms with E-state index in [1.165, 1.54) is 5.56 Å². The smallest absolute Gasteiger partial charge is 0.317 e. The Kier molecular flexibility index (Phi) is 4.24. The van der Waals surface area contributed by atoms with Crippen LogP contribution < -0.4 is 5.32 Å². The maximum atomic E-state index is 11.8. The molecule has 1 fully saturated rings. The SMILES string of the molecule is CC(C)c1ccc(CNC(=O)N2CCCC2)cc1. The summed E-state index contributed by atoms with van der Waals surface area (Å²) >= 11 is 0. The number of amides is 2. The van der Waals surface area contributed by atoms with Crippen LogP contribution in [0.25, 0.3) is 0 Å². The minimum Gasteiger partial charge on any atom is -0.334 e. The molecule has 2 amide bonds. The summed E-state index contributed by atoms with van der Waals surface area (Å²) in [7, 11) is 0. The van der Waals surface area contributed by atoms with Gasteiger partial charge in [-0.2, -0.15) is 0 Å². The third kappa shape index (κ3) is 3.25. The molecule has 1 saturated heterocycles. The van der Waals surface area contributed by atoms with E-state index in [1.807, 2.05) is 4.90 Å². The molecule has 1 N–H and O–H groups in total. The van der Waals surface area contributed by atoms with Crippen molar-refractivity contribution in [3.63, 3.8) is 0 Å². The predicted octanol–water partition coefficient (Wildman–Crippen LogP) is 3.12. The van der Waals surface area contributed by atoms with Crippen LogP contribution in [0.1, 0.15) is 43.7 Å². The Morgan fingerprint density at radius 3 is 2.39 bits per heavy atom. The number of hydrogen-bond acceptors (Lipinski definition) is 1. The molecule has 3 nitrogen and oxygen atoms in total. The largest absolute Gasteiger partial charge is 0.334 e. The van der Waals surface area contributed by atoms with Gasteiger partial charge in [-0.1, -0.05) is 38.1 Å². The van der Waals surface area contributed by atoms with E-state index >= 15 is 0 Å². The monoisotopic (exact) mass is 246 g/mol. The number of hydrogen-bond donors (Lipinski definition) is 1. The van der Waals surface area contributed by atoms with E-state index in [-0.39, 0.29) is 6.03 Å². The highest BCUT2D eigenvalue weighted by Gasteiger charge is 2.16. The van der Waals surface area contributed by atoms with Gasteiger partial charge in [0, 0.05) is 19.6 Å².